The fourth-order valence-electron chi connectivity index (χ4n) is 0. The number of hydrogen-bond acceptors (Lipinski definition) is 8. The zero-order chi connectivity index (χ0) is 3.58. The molecule has 64 valence electrons. The van der Waals surface area contributed by atoms with Crippen LogP contribution in [0.3, 0.4) is 0 Å². The first-order chi connectivity index (χ1) is 1.73. The van der Waals surface area contributed by atoms with Crippen molar-refractivity contribution in [3.05, 3.63) is 0 Å². The first-order valence-corrected chi connectivity index (χ1v) is 0.612. The second kappa shape index (κ2) is 79.7. The summed E-state index contributed by atoms with van der Waals surface area (Å²) in [5.41, 5.74) is 0. The van der Waals surface area contributed by atoms with Crippen LogP contribution in [-0.2, 0) is 0 Å². The molecule has 0 radical (unpaired) electrons. The summed E-state index contributed by atoms with van der Waals surface area (Å²) in [6.45, 7) is 0. The van der Waals surface area contributed by atoms with Gasteiger partial charge in [-0.15, -0.1) is 0 Å². The maximum Gasteiger partial charge on any atom is 3.00 e. The normalized spacial score (nSPS) is 2.00. The van der Waals surface area contributed by atoms with Gasteiger partial charge < -0.3 is 42.4 Å². The summed E-state index contributed by atoms with van der Waals surface area (Å²) >= 11 is 0. The van der Waals surface area contributed by atoms with E-state index in [9.17, 15) is 0 Å². The molecule has 0 aliphatic carbocycles. The largest absolute Gasteiger partial charge is 3.00 e. The molecule has 0 aliphatic rings. The van der Waals surface area contributed by atoms with Crippen LogP contribution < -0.4 is 10.2 Å². The summed E-state index contributed by atoms with van der Waals surface area (Å²) in [5, 5.41) is 16.7. The molecule has 0 aromatic rings. The summed E-state index contributed by atoms with van der Waals surface area (Å²) in [7, 11) is 0. The van der Waals surface area contributed by atoms with Crippen molar-refractivity contribution < 1.29 is 42.4 Å². The predicted octanol–water partition coefficient (Wildman–Crippen LogP) is -4.47. The van der Waals surface area contributed by atoms with Gasteiger partial charge >= 0.3 is 78.2 Å². The van der Waals surface area contributed by atoms with Crippen LogP contribution in [0.25, 0.3) is 0 Å². The van der Waals surface area contributed by atoms with Crippen molar-refractivity contribution in [3.63, 3.8) is 0 Å². The summed E-state index contributed by atoms with van der Waals surface area (Å²) in [6.07, 6.45) is -2.33. The van der Waals surface area contributed by atoms with E-state index in [-0.39, 0.29) is 106 Å². The van der Waals surface area contributed by atoms with E-state index in [1.54, 1.807) is 0 Å². The molecular weight excluding hydrogens is 231 g/mol. The molecule has 0 rings (SSSR count). The van der Waals surface area contributed by atoms with Crippen molar-refractivity contribution in [1.82, 2.24) is 0 Å². The van der Waals surface area contributed by atoms with Gasteiger partial charge in [0.15, 0.2) is 0 Å². The van der Waals surface area contributed by atoms with Crippen LogP contribution in [0.2, 0.25) is 0 Å². The van der Waals surface area contributed by atoms with Crippen molar-refractivity contribution in [2.45, 2.75) is 0 Å². The van der Waals surface area contributed by atoms with E-state index in [0.29, 0.717) is 0 Å². The zero-order valence-electron chi connectivity index (χ0n) is 5.95. The minimum Gasteiger partial charge on any atom is -0.870 e. The van der Waals surface area contributed by atoms with Crippen LogP contribution in [0.15, 0.2) is 0 Å². The molecule has 0 aliphatic heterocycles. The third kappa shape index (κ3) is 495. The van der Waals surface area contributed by atoms with Gasteiger partial charge in [0.2, 0.25) is 0 Å². The van der Waals surface area contributed by atoms with Crippen LogP contribution >= 0.6 is 0 Å². The molecule has 0 aromatic heterocycles. The number of carbonyl (C=O) groups is 1. The Morgan fingerprint density at radius 2 is 0.833 bits per heavy atom. The van der Waals surface area contributed by atoms with E-state index in [0.717, 1.165) is 0 Å². The molecule has 5 N–H and O–H groups in total. The van der Waals surface area contributed by atoms with E-state index in [4.69, 9.17) is 15.0 Å². The van der Waals surface area contributed by atoms with Gasteiger partial charge in [-0.25, -0.2) is 0 Å². The fourth-order valence-corrected chi connectivity index (χ4v) is 0. The predicted molar refractivity (Wildman–Crippen MR) is 32.3 cm³/mol. The Morgan fingerprint density at radius 1 is 0.833 bits per heavy atom. The Morgan fingerprint density at radius 3 is 0.833 bits per heavy atom. The minimum atomic E-state index is -2.33. The summed E-state index contributed by atoms with van der Waals surface area (Å²) in [5.74, 6) is 0. The van der Waals surface area contributed by atoms with E-state index < -0.39 is 6.16 Å². The van der Waals surface area contributed by atoms with Gasteiger partial charge in [0.1, 0.15) is 0 Å². The summed E-state index contributed by atoms with van der Waals surface area (Å²) < 4.78 is 0. The molecular formula is CH5AlCaMgO8. The molecule has 0 heterocycles. The van der Waals surface area contributed by atoms with Crippen LogP contribution in [-0.4, -0.2) is 112 Å². The fraction of sp³-hybridized carbons (Fsp3) is 0. The monoisotopic (exact) mass is 236 g/mol. The van der Waals surface area contributed by atoms with Gasteiger partial charge in [0.05, 0.1) is 0 Å². The molecule has 0 aromatic carbocycles. The maximum atomic E-state index is 8.33. The standard InChI is InChI=1S/CH2O3.Al.Ca.Mg.5H2O/c2-1(3)4;;;;;;;;/h(H2,2,3,4);;;;5*1H2/q;+3;2*+2;;;;;/p-7. The molecule has 11 heteroatoms. The Balaban J connectivity index is -0.00000000161. The number of carboxylic acid groups (broad SMARTS) is 2. The Kier molecular flexibility index (Phi) is 674. The molecule has 12 heavy (non-hydrogen) atoms. The maximum absolute atomic E-state index is 8.33. The van der Waals surface area contributed by atoms with Gasteiger partial charge in [-0.2, -0.15) is 0 Å². The van der Waals surface area contributed by atoms with Crippen molar-refractivity contribution in [2.24, 2.45) is 0 Å². The third-order valence-electron chi connectivity index (χ3n) is 0. The Labute approximate surface area is 125 Å². The molecule has 0 unspecified atom stereocenters. The van der Waals surface area contributed by atoms with Crippen molar-refractivity contribution >= 4 is 84.3 Å². The van der Waals surface area contributed by atoms with Crippen LogP contribution in [0.5, 0.6) is 0 Å². The summed E-state index contributed by atoms with van der Waals surface area (Å²) in [6, 6.07) is 0. The topological polar surface area (TPSA) is 213 Å². The van der Waals surface area contributed by atoms with E-state index in [1.165, 1.54) is 0 Å². The van der Waals surface area contributed by atoms with Crippen molar-refractivity contribution in [2.75, 3.05) is 0 Å². The van der Waals surface area contributed by atoms with Crippen LogP contribution in [0.1, 0.15) is 0 Å². The zero-order valence-corrected chi connectivity index (χ0v) is 10.7. The number of rotatable bonds is 0. The minimum absolute atomic E-state index is 0. The van der Waals surface area contributed by atoms with Gasteiger partial charge in [-0.05, 0) is 6.16 Å². The van der Waals surface area contributed by atoms with Gasteiger partial charge in [0, 0.05) is 0 Å². The van der Waals surface area contributed by atoms with Gasteiger partial charge in [-0.1, -0.05) is 0 Å². The quantitative estimate of drug-likeness (QED) is 0.372. The third-order valence-corrected chi connectivity index (χ3v) is 0. The SMILES string of the molecule is O=C([O-])[O-].[Al+3].[Ca+2].[Mg+2].[OH-].[OH-].[OH-].[OH-].[OH-]. The molecule has 0 bridgehead atoms. The first kappa shape index (κ1) is 101. The molecule has 0 fully saturated rings. The van der Waals surface area contributed by atoms with Gasteiger partial charge in [0.25, 0.3) is 0 Å². The average molecular weight is 236 g/mol. The van der Waals surface area contributed by atoms with Crippen LogP contribution in [0, 0.1) is 0 Å². The van der Waals surface area contributed by atoms with Crippen LogP contribution in [0.4, 0.5) is 4.79 Å². The van der Waals surface area contributed by atoms with E-state index in [1.807, 2.05) is 0 Å². The Bertz CT molecular complexity index is 42.0. The van der Waals surface area contributed by atoms with E-state index >= 15 is 0 Å². The molecule has 0 saturated heterocycles. The average Bonchev–Trinajstić information content (AvgIpc) is 0.811. The van der Waals surface area contributed by atoms with E-state index in [2.05, 4.69) is 0 Å². The number of carbonyl (C=O) groups excluding carboxylic acids is 1. The molecule has 0 amide bonds. The second-order valence-electron chi connectivity index (χ2n) is 0.250. The summed E-state index contributed by atoms with van der Waals surface area (Å²) in [4.78, 5) is 8.33. The van der Waals surface area contributed by atoms with Gasteiger partial charge in [-0.3, -0.25) is 0 Å². The smallest absolute Gasteiger partial charge is 0.870 e. The second-order valence-corrected chi connectivity index (χ2v) is 0.250. The molecule has 0 spiro atoms. The first-order valence-electron chi connectivity index (χ1n) is 0.612. The van der Waals surface area contributed by atoms with Crippen molar-refractivity contribution in [1.29, 1.82) is 0 Å². The Hall–Kier alpha value is 1.63. The molecule has 8 nitrogen and oxygen atoms in total. The number of hydrogen-bond donors (Lipinski definition) is 0. The molecule has 0 atom stereocenters. The molecule has 0 saturated carbocycles. The van der Waals surface area contributed by atoms with Crippen molar-refractivity contribution in [3.8, 4) is 0 Å².